The number of hydrogen-bond acceptors (Lipinski definition) is 13. The van der Waals surface area contributed by atoms with Crippen molar-refractivity contribution in [3.8, 4) is 0 Å². The predicted molar refractivity (Wildman–Crippen MR) is 187 cm³/mol. The largest absolute Gasteiger partial charge is 0.480 e. The number of rotatable bonds is 19. The zero-order chi connectivity index (χ0) is 36.1. The van der Waals surface area contributed by atoms with E-state index in [1.165, 1.54) is 18.3 Å². The molecule has 19 nitrogen and oxygen atoms in total. The fraction of sp³-hybridized carbons (Fsp3) is 0.379. The van der Waals surface area contributed by atoms with Gasteiger partial charge in [0.1, 0.15) is 17.9 Å². The van der Waals surface area contributed by atoms with E-state index in [2.05, 4.69) is 53.5 Å². The molecule has 0 bridgehead atoms. The van der Waals surface area contributed by atoms with Crippen LogP contribution in [0, 0.1) is 5.92 Å². The number of nitrogen functional groups attached to an aromatic ring is 1. The highest BCUT2D eigenvalue weighted by atomic mass is 32.1. The van der Waals surface area contributed by atoms with E-state index in [4.69, 9.17) is 17.2 Å². The number of carboxylic acid groups (broad SMARTS) is 2. The lowest BCUT2D eigenvalue weighted by atomic mass is 9.93. The number of carboxylic acids is 2. The molecular formula is C29H43N11O8S. The van der Waals surface area contributed by atoms with Crippen LogP contribution in [0.3, 0.4) is 0 Å². The van der Waals surface area contributed by atoms with Gasteiger partial charge in [0.25, 0.3) is 11.5 Å². The molecule has 0 unspecified atom stereocenters. The van der Waals surface area contributed by atoms with Crippen molar-refractivity contribution in [3.05, 3.63) is 52.1 Å². The maximum Gasteiger partial charge on any atom is 0.327 e. The fourth-order valence-corrected chi connectivity index (χ4v) is 4.76. The second kappa shape index (κ2) is 17.9. The van der Waals surface area contributed by atoms with E-state index >= 15 is 0 Å². The van der Waals surface area contributed by atoms with Crippen molar-refractivity contribution in [2.45, 2.75) is 50.7 Å². The minimum atomic E-state index is -1.41. The Kier molecular flexibility index (Phi) is 13.8. The first-order chi connectivity index (χ1) is 23.3. The summed E-state index contributed by atoms with van der Waals surface area (Å²) in [6.07, 6.45) is 1.07. The van der Waals surface area contributed by atoms with Gasteiger partial charge >= 0.3 is 11.9 Å². The Morgan fingerprint density at radius 2 is 1.69 bits per heavy atom. The molecule has 12 N–H and O–H groups in total. The number of nitrogens with one attached hydrogen (secondary N) is 4. The summed E-state index contributed by atoms with van der Waals surface area (Å²) < 4.78 is 0. The number of aromatic nitrogens is 4. The molecule has 20 heteroatoms. The average Bonchev–Trinajstić information content (AvgIpc) is 3.05. The number of aliphatic imine (C=N–C) groups is 1. The van der Waals surface area contributed by atoms with E-state index in [1.807, 2.05) is 0 Å². The second-order valence-corrected chi connectivity index (χ2v) is 11.2. The molecule has 0 aliphatic carbocycles. The standard InChI is InChI=1S/C29H37N11O8S.3H2/c30-28(31)33-9-1-2-15(24(43)38-20(13-49)27(47)48)10-18(41)7-8-19(26(45)46)37-23(42)14-3-5-16(6-4-14)34-11-17-12-35-22-21(36-17)25(44)40-29(32)39-22;;;/h3-6,12,15,19-20,34,49H,1-2,7-11,13H2,(H,37,42)(H,38,43)(H,45,46)(H,47,48)(H4,30,31,33)(H3,32,35,39,40,44);3*1H/t15-,19+,20+;;;/m0.../s1/i;3*1+1. The van der Waals surface area contributed by atoms with Crippen LogP contribution in [0.2, 0.25) is 0 Å². The third-order valence-electron chi connectivity index (χ3n) is 7.07. The number of carbonyl (C=O) groups excluding carboxylic acids is 3. The molecule has 0 aliphatic heterocycles. The number of H-pyrrole nitrogens is 1. The summed E-state index contributed by atoms with van der Waals surface area (Å²) >= 11 is 3.93. The van der Waals surface area contributed by atoms with E-state index in [0.29, 0.717) is 17.8 Å². The summed E-state index contributed by atoms with van der Waals surface area (Å²) in [4.78, 5) is 92.3. The van der Waals surface area contributed by atoms with Crippen molar-refractivity contribution < 1.29 is 38.5 Å². The summed E-state index contributed by atoms with van der Waals surface area (Å²) in [6.45, 7) is 0.358. The summed E-state index contributed by atoms with van der Waals surface area (Å²) in [5.74, 6) is -5.82. The fourth-order valence-electron chi connectivity index (χ4n) is 4.52. The van der Waals surface area contributed by atoms with Gasteiger partial charge in [0.15, 0.2) is 17.1 Å². The number of guanidine groups is 1. The van der Waals surface area contributed by atoms with Crippen molar-refractivity contribution in [1.29, 1.82) is 0 Å². The summed E-state index contributed by atoms with van der Waals surface area (Å²) in [6, 6.07) is 3.41. The molecule has 1 aromatic carbocycles. The first kappa shape index (κ1) is 37.7. The van der Waals surface area contributed by atoms with Crippen LogP contribution in [0.25, 0.3) is 11.2 Å². The molecule has 49 heavy (non-hydrogen) atoms. The summed E-state index contributed by atoms with van der Waals surface area (Å²) in [5, 5.41) is 26.8. The molecule has 2 aromatic heterocycles. The van der Waals surface area contributed by atoms with Gasteiger partial charge in [-0.1, -0.05) is 0 Å². The minimum absolute atomic E-state index is 0. The number of benzene rings is 1. The molecular weight excluding hydrogens is 662 g/mol. The zero-order valence-corrected chi connectivity index (χ0v) is 27.0. The van der Waals surface area contributed by atoms with Crippen molar-refractivity contribution in [1.82, 2.24) is 30.6 Å². The third-order valence-corrected chi connectivity index (χ3v) is 7.43. The van der Waals surface area contributed by atoms with Gasteiger partial charge in [-0.3, -0.25) is 29.2 Å². The Balaban J connectivity index is 0.00000867. The average molecular weight is 709 g/mol. The van der Waals surface area contributed by atoms with Crippen LogP contribution in [0.5, 0.6) is 0 Å². The van der Waals surface area contributed by atoms with Gasteiger partial charge in [0.05, 0.1) is 18.4 Å². The number of carbonyl (C=O) groups is 5. The van der Waals surface area contributed by atoms with E-state index in [-0.39, 0.29) is 77.4 Å². The maximum absolute atomic E-state index is 12.8. The Morgan fingerprint density at radius 1 is 1.00 bits per heavy atom. The summed E-state index contributed by atoms with van der Waals surface area (Å²) in [7, 11) is 0. The van der Waals surface area contributed by atoms with Crippen LogP contribution in [0.1, 0.15) is 52.4 Å². The normalized spacial score (nSPS) is 12.7. The molecule has 2 amide bonds. The van der Waals surface area contributed by atoms with Gasteiger partial charge in [-0.25, -0.2) is 19.6 Å². The maximum atomic E-state index is 12.8. The number of thiol groups is 1. The number of aliphatic carboxylic acids is 2. The lowest BCUT2D eigenvalue weighted by molar-refractivity contribution is -0.142. The van der Waals surface area contributed by atoms with Crippen LogP contribution < -0.4 is 38.7 Å². The topological polar surface area (TPSA) is 324 Å². The van der Waals surface area contributed by atoms with Gasteiger partial charge in [-0.05, 0) is 43.5 Å². The molecule has 0 fully saturated rings. The van der Waals surface area contributed by atoms with Crippen LogP contribution in [0.15, 0.2) is 40.2 Å². The van der Waals surface area contributed by atoms with Crippen molar-refractivity contribution in [2.24, 2.45) is 22.4 Å². The smallest absolute Gasteiger partial charge is 0.327 e. The number of hydrogen-bond donors (Lipinski definition) is 10. The van der Waals surface area contributed by atoms with Crippen LogP contribution in [0.4, 0.5) is 11.6 Å². The molecule has 3 rings (SSSR count). The molecule has 268 valence electrons. The Labute approximate surface area is 288 Å². The highest BCUT2D eigenvalue weighted by molar-refractivity contribution is 7.80. The highest BCUT2D eigenvalue weighted by Crippen LogP contribution is 2.17. The molecule has 0 saturated heterocycles. The number of nitrogens with zero attached hydrogens (tertiary/aromatic N) is 4. The van der Waals surface area contributed by atoms with Gasteiger partial charge in [-0.2, -0.15) is 17.6 Å². The number of ketones is 1. The summed E-state index contributed by atoms with van der Waals surface area (Å²) in [5.41, 5.74) is 16.9. The van der Waals surface area contributed by atoms with Crippen molar-refractivity contribution in [2.75, 3.05) is 23.3 Å². The number of nitrogens with two attached hydrogens (primary N) is 3. The molecule has 0 radical (unpaired) electrons. The van der Waals surface area contributed by atoms with Gasteiger partial charge < -0.3 is 43.4 Å². The van der Waals surface area contributed by atoms with E-state index in [9.17, 15) is 39.0 Å². The number of anilines is 2. The van der Waals surface area contributed by atoms with Crippen LogP contribution in [-0.2, 0) is 25.7 Å². The lowest BCUT2D eigenvalue weighted by Crippen LogP contribution is -2.45. The minimum Gasteiger partial charge on any atom is -0.480 e. The van der Waals surface area contributed by atoms with Crippen molar-refractivity contribution >= 4 is 70.9 Å². The number of aromatic amines is 1. The number of fused-ring (bicyclic) bond motifs is 1. The monoisotopic (exact) mass is 708 g/mol. The van der Waals surface area contributed by atoms with E-state index in [0.717, 1.165) is 0 Å². The Bertz CT molecular complexity index is 1780. The number of amides is 2. The van der Waals surface area contributed by atoms with Gasteiger partial charge in [0.2, 0.25) is 11.9 Å². The first-order valence-electron chi connectivity index (χ1n) is 14.9. The zero-order valence-electron chi connectivity index (χ0n) is 26.1. The second-order valence-electron chi connectivity index (χ2n) is 10.8. The van der Waals surface area contributed by atoms with E-state index < -0.39 is 53.1 Å². The lowest BCUT2D eigenvalue weighted by Gasteiger charge is -2.19. The Hall–Kier alpha value is -5.79. The Morgan fingerprint density at radius 3 is 2.33 bits per heavy atom. The van der Waals surface area contributed by atoms with Crippen molar-refractivity contribution in [3.63, 3.8) is 0 Å². The van der Waals surface area contributed by atoms with Gasteiger partial charge in [-0.15, -0.1) is 0 Å². The van der Waals surface area contributed by atoms with Gasteiger partial charge in [0, 0.05) is 46.6 Å². The molecule has 2 heterocycles. The molecule has 0 saturated carbocycles. The number of Topliss-reactive ketones (excluding diaryl/α,β-unsaturated/α-hetero) is 1. The van der Waals surface area contributed by atoms with Crippen LogP contribution >= 0.6 is 12.6 Å². The predicted octanol–water partition coefficient (Wildman–Crippen LogP) is -0.263. The van der Waals surface area contributed by atoms with E-state index in [1.54, 1.807) is 12.1 Å². The quantitative estimate of drug-likeness (QED) is 0.0332. The molecule has 0 spiro atoms. The first-order valence-corrected chi connectivity index (χ1v) is 15.5. The molecule has 3 aromatic rings. The molecule has 0 aliphatic rings. The highest BCUT2D eigenvalue weighted by Gasteiger charge is 2.28. The SMILES string of the molecule is NC(N)=NCCC[C@@H](CC(=O)CC[C@@H](NC(=O)c1ccc(NCc2cnc3nc(N)[nH]c(=O)c3n2)cc1)C(=O)O)C(=O)N[C@H](CS)C(=O)O.[2HH].[2HH].[2HH]. The van der Waals surface area contributed by atoms with Crippen LogP contribution in [-0.4, -0.2) is 90.0 Å². The third kappa shape index (κ3) is 11.8. The molecule has 3 atom stereocenters.